The smallest absolute Gasteiger partial charge is 0.243 e. The predicted molar refractivity (Wildman–Crippen MR) is 282 cm³/mol. The van der Waals surface area contributed by atoms with E-state index in [0.717, 1.165) is 51.4 Å². The highest BCUT2D eigenvalue weighted by Gasteiger charge is 2.33. The molecule has 0 saturated carbocycles. The maximum Gasteiger partial charge on any atom is 0.243 e. The molecule has 2 unspecified atom stereocenters. The Morgan fingerprint density at radius 1 is 0.448 bits per heavy atom. The molecule has 11 nitrogen and oxygen atoms in total. The largest absolute Gasteiger partial charge is 0.383 e. The fourth-order valence-corrected chi connectivity index (χ4v) is 8.69. The normalized spacial score (nSPS) is 12.8. The zero-order valence-corrected chi connectivity index (χ0v) is 45.2. The van der Waals surface area contributed by atoms with Gasteiger partial charge in [-0.2, -0.15) is 0 Å². The molecule has 0 rings (SSSR count). The second kappa shape index (κ2) is 45.7. The van der Waals surface area contributed by atoms with Gasteiger partial charge in [-0.05, 0) is 83.1 Å². The van der Waals surface area contributed by atoms with Gasteiger partial charge in [0.1, 0.15) is 12.1 Å². The summed E-state index contributed by atoms with van der Waals surface area (Å²) in [4.78, 5) is 59.9. The minimum absolute atomic E-state index is 0.00545. The van der Waals surface area contributed by atoms with Gasteiger partial charge in [0.2, 0.25) is 23.6 Å². The standard InChI is InChI=1S/C56H107N5O6/c1-10-12-14-16-18-20-22-24-26-28-30-32-34-36-38-40-52(63)61(46-48-67-9)54(50(5)6)56(65)58-42-44-59(7)43-41-57-55(64)53(49(3)4)60(45-47-66-8)51(62)39-37-35-33-31-29-27-25-23-21-19-17-15-13-11-2/h23-26,49-50,53-54H,10-22,27-48H2,1-9H3,(H,57,64)(H,58,65)/b25-23-,26-24-. The maximum absolute atomic E-state index is 13.6. The molecular formula is C56H107N5O6. The van der Waals surface area contributed by atoms with Crippen molar-refractivity contribution in [2.45, 2.75) is 227 Å². The number of likely N-dealkylation sites (N-methyl/N-ethyl adjacent to an activating group) is 1. The van der Waals surface area contributed by atoms with Crippen molar-refractivity contribution < 1.29 is 28.7 Å². The Balaban J connectivity index is 4.81. The summed E-state index contributed by atoms with van der Waals surface area (Å²) in [6.07, 6.45) is 40.2. The molecule has 0 aromatic rings. The van der Waals surface area contributed by atoms with E-state index in [9.17, 15) is 19.2 Å². The van der Waals surface area contributed by atoms with Crippen LogP contribution in [0.3, 0.4) is 0 Å². The summed E-state index contributed by atoms with van der Waals surface area (Å²) in [5, 5.41) is 6.17. The Labute approximate surface area is 413 Å². The van der Waals surface area contributed by atoms with Crippen LogP contribution in [0.2, 0.25) is 0 Å². The predicted octanol–water partition coefficient (Wildman–Crippen LogP) is 11.8. The molecule has 0 spiro atoms. The van der Waals surface area contributed by atoms with Crippen molar-refractivity contribution >= 4 is 23.6 Å². The Morgan fingerprint density at radius 3 is 1.04 bits per heavy atom. The van der Waals surface area contributed by atoms with Crippen molar-refractivity contribution in [1.29, 1.82) is 0 Å². The molecule has 0 heterocycles. The van der Waals surface area contributed by atoms with Gasteiger partial charge in [0.05, 0.1) is 13.2 Å². The van der Waals surface area contributed by atoms with Gasteiger partial charge in [-0.15, -0.1) is 0 Å². The molecule has 0 fully saturated rings. The number of nitrogens with one attached hydrogen (secondary N) is 2. The molecule has 67 heavy (non-hydrogen) atoms. The SMILES string of the molecule is CCCCCCC/C=C\CCCCCCCC(=O)N(CCOC)C(C(=O)NCCN(C)CCNC(=O)C(C(C)C)N(CCOC)C(=O)CCCCCCC/C=C\CCCCCCCC)C(C)C. The van der Waals surface area contributed by atoms with E-state index in [2.05, 4.69) is 53.7 Å². The van der Waals surface area contributed by atoms with Crippen molar-refractivity contribution in [3.05, 3.63) is 24.3 Å². The van der Waals surface area contributed by atoms with Crippen molar-refractivity contribution in [2.75, 3.05) is 73.7 Å². The Bertz CT molecular complexity index is 1260. The first-order valence-electron chi connectivity index (χ1n) is 27.6. The van der Waals surface area contributed by atoms with E-state index >= 15 is 0 Å². The minimum Gasteiger partial charge on any atom is -0.383 e. The molecule has 0 bridgehead atoms. The van der Waals surface area contributed by atoms with Crippen molar-refractivity contribution in [3.63, 3.8) is 0 Å². The lowest BCUT2D eigenvalue weighted by Crippen LogP contribution is -2.54. The Morgan fingerprint density at radius 2 is 0.746 bits per heavy atom. The monoisotopic (exact) mass is 946 g/mol. The number of carbonyl (C=O) groups excluding carboxylic acids is 4. The van der Waals surface area contributed by atoms with Crippen LogP contribution >= 0.6 is 0 Å². The van der Waals surface area contributed by atoms with Crippen LogP contribution in [0.15, 0.2) is 24.3 Å². The van der Waals surface area contributed by atoms with E-state index < -0.39 is 12.1 Å². The van der Waals surface area contributed by atoms with Crippen molar-refractivity contribution in [2.24, 2.45) is 11.8 Å². The molecule has 4 amide bonds. The lowest BCUT2D eigenvalue weighted by molar-refractivity contribution is -0.143. The molecule has 0 aliphatic heterocycles. The number of hydrogen-bond donors (Lipinski definition) is 2. The summed E-state index contributed by atoms with van der Waals surface area (Å²) in [7, 11) is 5.20. The number of allylic oxidation sites excluding steroid dienone is 4. The van der Waals surface area contributed by atoms with E-state index in [-0.39, 0.29) is 35.5 Å². The van der Waals surface area contributed by atoms with Gasteiger partial charge < -0.3 is 34.8 Å². The number of methoxy groups -OCH3 is 2. The van der Waals surface area contributed by atoms with Crippen LogP contribution in [-0.2, 0) is 28.7 Å². The Hall–Kier alpha value is -2.76. The fraction of sp³-hybridized carbons (Fsp3) is 0.857. The van der Waals surface area contributed by atoms with E-state index in [1.54, 1.807) is 24.0 Å². The van der Waals surface area contributed by atoms with Gasteiger partial charge in [0.25, 0.3) is 0 Å². The highest BCUT2D eigenvalue weighted by molar-refractivity contribution is 5.88. The molecule has 0 aromatic carbocycles. The van der Waals surface area contributed by atoms with Crippen LogP contribution in [0, 0.1) is 11.8 Å². The third-order valence-electron chi connectivity index (χ3n) is 12.8. The fourth-order valence-electron chi connectivity index (χ4n) is 8.69. The quantitative estimate of drug-likeness (QED) is 0.0460. The van der Waals surface area contributed by atoms with Crippen LogP contribution in [0.5, 0.6) is 0 Å². The molecular weight excluding hydrogens is 839 g/mol. The average Bonchev–Trinajstić information content (AvgIpc) is 3.29. The van der Waals surface area contributed by atoms with Gasteiger partial charge in [0, 0.05) is 66.3 Å². The molecule has 2 atom stereocenters. The van der Waals surface area contributed by atoms with Gasteiger partial charge in [-0.25, -0.2) is 0 Å². The first-order chi connectivity index (χ1) is 32.5. The minimum atomic E-state index is -0.584. The summed E-state index contributed by atoms with van der Waals surface area (Å²) in [6.45, 7) is 15.9. The summed E-state index contributed by atoms with van der Waals surface area (Å²) in [5.74, 6) is -0.430. The van der Waals surface area contributed by atoms with Crippen LogP contribution in [0.1, 0.15) is 215 Å². The maximum atomic E-state index is 13.6. The number of unbranched alkanes of at least 4 members (excludes halogenated alkanes) is 21. The van der Waals surface area contributed by atoms with Crippen molar-refractivity contribution in [3.8, 4) is 0 Å². The number of ether oxygens (including phenoxy) is 2. The molecule has 0 aliphatic carbocycles. The molecule has 392 valence electrons. The number of hydrogen-bond acceptors (Lipinski definition) is 7. The zero-order valence-electron chi connectivity index (χ0n) is 45.2. The third kappa shape index (κ3) is 35.1. The van der Waals surface area contributed by atoms with Crippen LogP contribution in [0.25, 0.3) is 0 Å². The Kier molecular flexibility index (Phi) is 43.8. The highest BCUT2D eigenvalue weighted by Crippen LogP contribution is 2.18. The molecule has 11 heteroatoms. The van der Waals surface area contributed by atoms with E-state index in [1.165, 1.54) is 109 Å². The first-order valence-corrected chi connectivity index (χ1v) is 27.6. The molecule has 0 aromatic heterocycles. The molecule has 0 radical (unpaired) electrons. The molecule has 0 aliphatic rings. The summed E-state index contributed by atoms with van der Waals surface area (Å²) in [6, 6.07) is -1.17. The topological polar surface area (TPSA) is 121 Å². The van der Waals surface area contributed by atoms with E-state index in [4.69, 9.17) is 9.47 Å². The van der Waals surface area contributed by atoms with Crippen molar-refractivity contribution in [1.82, 2.24) is 25.3 Å². The number of amides is 4. The second-order valence-electron chi connectivity index (χ2n) is 19.7. The first kappa shape index (κ1) is 64.2. The zero-order chi connectivity index (χ0) is 49.8. The number of nitrogens with zero attached hydrogens (tertiary/aromatic N) is 3. The lowest BCUT2D eigenvalue weighted by Gasteiger charge is -2.34. The van der Waals surface area contributed by atoms with E-state index in [0.29, 0.717) is 65.3 Å². The third-order valence-corrected chi connectivity index (χ3v) is 12.8. The molecule has 2 N–H and O–H groups in total. The van der Waals surface area contributed by atoms with E-state index in [1.807, 2.05) is 34.7 Å². The molecule has 0 saturated heterocycles. The van der Waals surface area contributed by atoms with Gasteiger partial charge >= 0.3 is 0 Å². The van der Waals surface area contributed by atoms with Gasteiger partial charge in [-0.1, -0.05) is 162 Å². The summed E-state index contributed by atoms with van der Waals surface area (Å²) >= 11 is 0. The number of carbonyl (C=O) groups is 4. The van der Waals surface area contributed by atoms with Gasteiger partial charge in [0.15, 0.2) is 0 Å². The van der Waals surface area contributed by atoms with Gasteiger partial charge in [-0.3, -0.25) is 19.2 Å². The summed E-state index contributed by atoms with van der Waals surface area (Å²) < 4.78 is 10.7. The lowest BCUT2D eigenvalue weighted by atomic mass is 10.00. The average molecular weight is 947 g/mol. The number of rotatable bonds is 47. The van der Waals surface area contributed by atoms with Crippen LogP contribution in [0.4, 0.5) is 0 Å². The van der Waals surface area contributed by atoms with Crippen LogP contribution in [-0.4, -0.2) is 124 Å². The highest BCUT2D eigenvalue weighted by atomic mass is 16.5. The summed E-state index contributed by atoms with van der Waals surface area (Å²) in [5.41, 5.74) is 0. The van der Waals surface area contributed by atoms with Crippen LogP contribution < -0.4 is 10.6 Å². The second-order valence-corrected chi connectivity index (χ2v) is 19.7.